The molecule has 0 heterocycles. The summed E-state index contributed by atoms with van der Waals surface area (Å²) < 4.78 is 34.7. The molecule has 0 aliphatic rings. The number of methoxy groups -OCH3 is 1. The molecule has 2 atom stereocenters. The summed E-state index contributed by atoms with van der Waals surface area (Å²) in [5, 5.41) is 3.00. The first-order valence-corrected chi connectivity index (χ1v) is 15.3. The summed E-state index contributed by atoms with van der Waals surface area (Å²) in [6.07, 6.45) is 1.10. The number of nitrogens with zero attached hydrogens (tertiary/aromatic N) is 2. The number of rotatable bonds is 13. The van der Waals surface area contributed by atoms with Gasteiger partial charge in [-0.2, -0.15) is 0 Å². The van der Waals surface area contributed by atoms with Crippen LogP contribution in [0.5, 0.6) is 5.75 Å². The number of carbonyl (C=O) groups is 2. The summed E-state index contributed by atoms with van der Waals surface area (Å²) in [4.78, 5) is 29.2. The van der Waals surface area contributed by atoms with Gasteiger partial charge in [0.2, 0.25) is 11.8 Å². The zero-order chi connectivity index (χ0) is 30.2. The van der Waals surface area contributed by atoms with Crippen LogP contribution in [0.2, 0.25) is 0 Å². The predicted molar refractivity (Wildman–Crippen MR) is 162 cm³/mol. The van der Waals surface area contributed by atoms with E-state index in [2.05, 4.69) is 5.32 Å². The van der Waals surface area contributed by atoms with E-state index in [1.165, 1.54) is 24.1 Å². The van der Waals surface area contributed by atoms with E-state index >= 15 is 0 Å². The number of carbonyl (C=O) groups excluding carboxylic acids is 2. The number of aryl methyl sites for hydroxylation is 2. The van der Waals surface area contributed by atoms with Crippen LogP contribution >= 0.6 is 0 Å². The molecular weight excluding hydrogens is 538 g/mol. The second-order valence-corrected chi connectivity index (χ2v) is 12.1. The molecule has 220 valence electrons. The van der Waals surface area contributed by atoms with Gasteiger partial charge in [0.1, 0.15) is 18.3 Å². The quantitative estimate of drug-likeness (QED) is 0.299. The van der Waals surface area contributed by atoms with Crippen molar-refractivity contribution in [3.63, 3.8) is 0 Å². The van der Waals surface area contributed by atoms with Gasteiger partial charge in [-0.1, -0.05) is 62.4 Å². The van der Waals surface area contributed by atoms with Gasteiger partial charge in [0, 0.05) is 12.6 Å². The van der Waals surface area contributed by atoms with Crippen LogP contribution in [0.1, 0.15) is 50.3 Å². The van der Waals surface area contributed by atoms with E-state index in [1.807, 2.05) is 65.0 Å². The van der Waals surface area contributed by atoms with Crippen LogP contribution in [-0.2, 0) is 26.2 Å². The smallest absolute Gasteiger partial charge is 0.264 e. The van der Waals surface area contributed by atoms with Crippen molar-refractivity contribution in [1.29, 1.82) is 0 Å². The maximum absolute atomic E-state index is 14.3. The number of anilines is 1. The zero-order valence-corrected chi connectivity index (χ0v) is 25.6. The van der Waals surface area contributed by atoms with Gasteiger partial charge in [0.15, 0.2) is 0 Å². The van der Waals surface area contributed by atoms with Crippen molar-refractivity contribution < 1.29 is 22.7 Å². The standard InChI is InChI=1S/C32H41N3O5S/c1-7-25(5)33-32(37)28(8-2)34(21-26-15-13-12-14-24(26)4)31(36)22-35(29-20-23(3)18-19-30(29)40-6)41(38,39)27-16-10-9-11-17-27/h9-20,25,28H,7-8,21-22H2,1-6H3,(H,33,37)/t25-,28+/m0/s1. The molecule has 2 amide bonds. The molecule has 0 unspecified atom stereocenters. The number of nitrogens with one attached hydrogen (secondary N) is 1. The van der Waals surface area contributed by atoms with Gasteiger partial charge in [-0.3, -0.25) is 13.9 Å². The molecule has 0 bridgehead atoms. The molecule has 0 aliphatic carbocycles. The molecule has 3 rings (SSSR count). The summed E-state index contributed by atoms with van der Waals surface area (Å²) in [5.74, 6) is -0.452. The Bertz CT molecular complexity index is 1440. The highest BCUT2D eigenvalue weighted by molar-refractivity contribution is 7.92. The van der Waals surface area contributed by atoms with Gasteiger partial charge in [0.25, 0.3) is 10.0 Å². The van der Waals surface area contributed by atoms with Crippen molar-refractivity contribution in [3.8, 4) is 5.75 Å². The molecule has 0 spiro atoms. The molecule has 0 saturated carbocycles. The highest BCUT2D eigenvalue weighted by Crippen LogP contribution is 2.34. The van der Waals surface area contributed by atoms with E-state index in [4.69, 9.17) is 4.74 Å². The summed E-state index contributed by atoms with van der Waals surface area (Å²) in [7, 11) is -2.72. The zero-order valence-electron chi connectivity index (χ0n) is 24.8. The van der Waals surface area contributed by atoms with Crippen LogP contribution in [0.25, 0.3) is 0 Å². The SMILES string of the molecule is CC[C@H](C(=O)N[C@@H](C)CC)N(Cc1ccccc1C)C(=O)CN(c1cc(C)ccc1OC)S(=O)(=O)c1ccccc1. The molecule has 3 aromatic carbocycles. The first kappa shape index (κ1) is 31.7. The van der Waals surface area contributed by atoms with Crippen LogP contribution in [0.3, 0.4) is 0 Å². The highest BCUT2D eigenvalue weighted by atomic mass is 32.2. The Kier molecular flexibility index (Phi) is 10.9. The fraction of sp³-hybridized carbons (Fsp3) is 0.375. The average molecular weight is 580 g/mol. The fourth-order valence-corrected chi connectivity index (χ4v) is 6.00. The van der Waals surface area contributed by atoms with Crippen LogP contribution in [0.4, 0.5) is 5.69 Å². The van der Waals surface area contributed by atoms with Crippen molar-refractivity contribution in [2.75, 3.05) is 18.0 Å². The third kappa shape index (κ3) is 7.67. The molecule has 1 N–H and O–H groups in total. The first-order valence-electron chi connectivity index (χ1n) is 13.9. The minimum Gasteiger partial charge on any atom is -0.495 e. The third-order valence-corrected chi connectivity index (χ3v) is 8.98. The number of amides is 2. The molecule has 8 nitrogen and oxygen atoms in total. The fourth-order valence-electron chi connectivity index (χ4n) is 4.56. The molecule has 0 aromatic heterocycles. The van der Waals surface area contributed by atoms with Crippen molar-refractivity contribution in [1.82, 2.24) is 10.2 Å². The molecule has 0 fully saturated rings. The Morgan fingerprint density at radius 3 is 2.20 bits per heavy atom. The Hall–Kier alpha value is -3.85. The molecular formula is C32H41N3O5S. The second-order valence-electron chi connectivity index (χ2n) is 10.2. The lowest BCUT2D eigenvalue weighted by Crippen LogP contribution is -2.53. The monoisotopic (exact) mass is 579 g/mol. The van der Waals surface area contributed by atoms with Crippen molar-refractivity contribution in [2.24, 2.45) is 0 Å². The summed E-state index contributed by atoms with van der Waals surface area (Å²) in [6.45, 7) is 9.16. The van der Waals surface area contributed by atoms with Gasteiger partial charge in [-0.15, -0.1) is 0 Å². The normalized spacial score (nSPS) is 12.7. The minimum absolute atomic E-state index is 0.0448. The Morgan fingerprint density at radius 1 is 0.927 bits per heavy atom. The van der Waals surface area contributed by atoms with E-state index in [9.17, 15) is 18.0 Å². The average Bonchev–Trinajstić information content (AvgIpc) is 2.96. The van der Waals surface area contributed by atoms with Crippen LogP contribution < -0.4 is 14.4 Å². The lowest BCUT2D eigenvalue weighted by atomic mass is 10.1. The number of hydrogen-bond acceptors (Lipinski definition) is 5. The molecule has 0 saturated heterocycles. The topological polar surface area (TPSA) is 96.0 Å². The lowest BCUT2D eigenvalue weighted by molar-refractivity contribution is -0.140. The summed E-state index contributed by atoms with van der Waals surface area (Å²) in [5.41, 5.74) is 2.90. The highest BCUT2D eigenvalue weighted by Gasteiger charge is 2.35. The lowest BCUT2D eigenvalue weighted by Gasteiger charge is -2.34. The minimum atomic E-state index is -4.18. The number of benzene rings is 3. The largest absolute Gasteiger partial charge is 0.495 e. The van der Waals surface area contributed by atoms with Gasteiger partial charge in [0.05, 0.1) is 17.7 Å². The van der Waals surface area contributed by atoms with Crippen molar-refractivity contribution >= 4 is 27.5 Å². The van der Waals surface area contributed by atoms with Crippen molar-refractivity contribution in [3.05, 3.63) is 89.5 Å². The van der Waals surface area contributed by atoms with E-state index in [1.54, 1.807) is 30.3 Å². The summed E-state index contributed by atoms with van der Waals surface area (Å²) in [6, 6.07) is 20.0. The Labute approximate surface area is 244 Å². The van der Waals surface area contributed by atoms with E-state index in [0.29, 0.717) is 12.2 Å². The Balaban J connectivity index is 2.13. The van der Waals surface area contributed by atoms with E-state index in [0.717, 1.165) is 27.4 Å². The Morgan fingerprint density at radius 2 is 1.59 bits per heavy atom. The molecule has 9 heteroatoms. The molecule has 0 aliphatic heterocycles. The van der Waals surface area contributed by atoms with Gasteiger partial charge < -0.3 is 15.0 Å². The van der Waals surface area contributed by atoms with Crippen LogP contribution in [0, 0.1) is 13.8 Å². The van der Waals surface area contributed by atoms with Gasteiger partial charge in [-0.25, -0.2) is 8.42 Å². The number of sulfonamides is 1. The van der Waals surface area contributed by atoms with Crippen LogP contribution in [-0.4, -0.2) is 50.9 Å². The van der Waals surface area contributed by atoms with Crippen molar-refractivity contribution in [2.45, 2.75) is 71.0 Å². The number of ether oxygens (including phenoxy) is 1. The molecule has 0 radical (unpaired) electrons. The van der Waals surface area contributed by atoms with Gasteiger partial charge in [-0.05, 0) is 74.6 Å². The van der Waals surface area contributed by atoms with Crippen LogP contribution in [0.15, 0.2) is 77.7 Å². The predicted octanol–water partition coefficient (Wildman–Crippen LogP) is 5.23. The number of hydrogen-bond donors (Lipinski definition) is 1. The van der Waals surface area contributed by atoms with E-state index in [-0.39, 0.29) is 29.1 Å². The second kappa shape index (κ2) is 14.2. The first-order chi connectivity index (χ1) is 19.5. The maximum Gasteiger partial charge on any atom is 0.264 e. The molecule has 41 heavy (non-hydrogen) atoms. The summed E-state index contributed by atoms with van der Waals surface area (Å²) >= 11 is 0. The van der Waals surface area contributed by atoms with Gasteiger partial charge >= 0.3 is 0 Å². The van der Waals surface area contributed by atoms with E-state index < -0.39 is 28.5 Å². The maximum atomic E-state index is 14.3. The third-order valence-electron chi connectivity index (χ3n) is 7.20. The molecule has 3 aromatic rings.